The van der Waals surface area contributed by atoms with E-state index in [2.05, 4.69) is 0 Å². The SMILES string of the molecule is CC(C)CN(C(=O)c1cccc(Cl)c1Cl)[C@H]1CCN(C(=O)O)C1. The molecule has 7 heteroatoms. The number of halogens is 2. The molecule has 0 aliphatic carbocycles. The van der Waals surface area contributed by atoms with Crippen LogP contribution in [0.5, 0.6) is 0 Å². The molecule has 5 nitrogen and oxygen atoms in total. The minimum Gasteiger partial charge on any atom is -0.465 e. The van der Waals surface area contributed by atoms with Crippen LogP contribution >= 0.6 is 23.2 Å². The predicted octanol–water partition coefficient (Wildman–Crippen LogP) is 3.84. The van der Waals surface area contributed by atoms with Gasteiger partial charge in [0.15, 0.2) is 0 Å². The number of carbonyl (C=O) groups excluding carboxylic acids is 1. The lowest BCUT2D eigenvalue weighted by atomic mass is 10.1. The van der Waals surface area contributed by atoms with Crippen molar-refractivity contribution in [1.82, 2.24) is 9.80 Å². The van der Waals surface area contributed by atoms with Crippen molar-refractivity contribution in [3.63, 3.8) is 0 Å². The van der Waals surface area contributed by atoms with E-state index in [0.29, 0.717) is 36.6 Å². The molecule has 0 spiro atoms. The second-order valence-electron chi connectivity index (χ2n) is 6.12. The molecule has 1 heterocycles. The Bertz CT molecular complexity index is 607. The molecule has 1 aliphatic rings. The van der Waals surface area contributed by atoms with Crippen molar-refractivity contribution in [3.8, 4) is 0 Å². The van der Waals surface area contributed by atoms with Crippen LogP contribution in [0.2, 0.25) is 10.0 Å². The molecule has 0 saturated carbocycles. The zero-order chi connectivity index (χ0) is 17.1. The fourth-order valence-corrected chi connectivity index (χ4v) is 3.17. The lowest BCUT2D eigenvalue weighted by Crippen LogP contribution is -2.44. The molecule has 23 heavy (non-hydrogen) atoms. The monoisotopic (exact) mass is 358 g/mol. The van der Waals surface area contributed by atoms with Crippen molar-refractivity contribution in [2.75, 3.05) is 19.6 Å². The number of carbonyl (C=O) groups is 2. The maximum absolute atomic E-state index is 12.9. The van der Waals surface area contributed by atoms with Gasteiger partial charge in [-0.3, -0.25) is 4.79 Å². The molecule has 1 aromatic carbocycles. The lowest BCUT2D eigenvalue weighted by Gasteiger charge is -2.31. The standard InChI is InChI=1S/C16H20Cl2N2O3/c1-10(2)8-20(11-6-7-19(9-11)16(22)23)15(21)12-4-3-5-13(17)14(12)18/h3-5,10-11H,6-9H2,1-2H3,(H,22,23)/t11-/m0/s1. The van der Waals surface area contributed by atoms with E-state index in [4.69, 9.17) is 28.3 Å². The molecular formula is C16H20Cl2N2O3. The molecule has 0 aromatic heterocycles. The third-order valence-electron chi connectivity index (χ3n) is 3.88. The van der Waals surface area contributed by atoms with E-state index in [1.165, 1.54) is 4.90 Å². The first-order chi connectivity index (χ1) is 10.8. The average molecular weight is 359 g/mol. The van der Waals surface area contributed by atoms with E-state index < -0.39 is 6.09 Å². The summed E-state index contributed by atoms with van der Waals surface area (Å²) in [6, 6.07) is 4.83. The molecule has 1 atom stereocenters. The molecule has 2 amide bonds. The normalized spacial score (nSPS) is 17.6. The fourth-order valence-electron chi connectivity index (χ4n) is 2.78. The van der Waals surface area contributed by atoms with E-state index in [9.17, 15) is 9.59 Å². The highest BCUT2D eigenvalue weighted by Crippen LogP contribution is 2.28. The maximum atomic E-state index is 12.9. The Morgan fingerprint density at radius 1 is 1.39 bits per heavy atom. The van der Waals surface area contributed by atoms with Gasteiger partial charge in [0.2, 0.25) is 0 Å². The first-order valence-corrected chi connectivity index (χ1v) is 8.29. The second-order valence-corrected chi connectivity index (χ2v) is 6.91. The first kappa shape index (κ1) is 17.9. The number of benzene rings is 1. The third-order valence-corrected chi connectivity index (χ3v) is 4.70. The summed E-state index contributed by atoms with van der Waals surface area (Å²) in [6.07, 6.45) is -0.326. The van der Waals surface area contributed by atoms with E-state index in [1.54, 1.807) is 23.1 Å². The largest absolute Gasteiger partial charge is 0.465 e. The highest BCUT2D eigenvalue weighted by molar-refractivity contribution is 6.43. The molecule has 1 N–H and O–H groups in total. The fraction of sp³-hybridized carbons (Fsp3) is 0.500. The molecular weight excluding hydrogens is 339 g/mol. The van der Waals surface area contributed by atoms with Crippen LogP contribution < -0.4 is 0 Å². The number of hydrogen-bond donors (Lipinski definition) is 1. The third kappa shape index (κ3) is 4.09. The van der Waals surface area contributed by atoms with Crippen LogP contribution in [-0.4, -0.2) is 52.6 Å². The van der Waals surface area contributed by atoms with Crippen LogP contribution in [0.15, 0.2) is 18.2 Å². The zero-order valence-electron chi connectivity index (χ0n) is 13.1. The molecule has 126 valence electrons. The van der Waals surface area contributed by atoms with Crippen molar-refractivity contribution >= 4 is 35.2 Å². The van der Waals surface area contributed by atoms with E-state index in [-0.39, 0.29) is 22.9 Å². The Balaban J connectivity index is 2.26. The minimum absolute atomic E-state index is 0.143. The minimum atomic E-state index is -0.953. The van der Waals surface area contributed by atoms with Gasteiger partial charge in [-0.25, -0.2) is 4.79 Å². The van der Waals surface area contributed by atoms with Gasteiger partial charge in [-0.05, 0) is 24.5 Å². The van der Waals surface area contributed by atoms with Gasteiger partial charge in [-0.15, -0.1) is 0 Å². The van der Waals surface area contributed by atoms with Gasteiger partial charge >= 0.3 is 6.09 Å². The number of rotatable bonds is 4. The predicted molar refractivity (Wildman–Crippen MR) is 90.3 cm³/mol. The number of hydrogen-bond acceptors (Lipinski definition) is 2. The smallest absolute Gasteiger partial charge is 0.407 e. The summed E-state index contributed by atoms with van der Waals surface area (Å²) in [5.41, 5.74) is 0.355. The number of likely N-dealkylation sites (tertiary alicyclic amines) is 1. The Kier molecular flexibility index (Phi) is 5.76. The van der Waals surface area contributed by atoms with E-state index in [0.717, 1.165) is 0 Å². The molecule has 1 aromatic rings. The number of nitrogens with zero attached hydrogens (tertiary/aromatic N) is 2. The van der Waals surface area contributed by atoms with Gasteiger partial charge in [0.25, 0.3) is 5.91 Å². The molecule has 0 bridgehead atoms. The molecule has 1 aliphatic heterocycles. The molecule has 0 radical (unpaired) electrons. The Hall–Kier alpha value is -1.46. The van der Waals surface area contributed by atoms with Crippen LogP contribution in [0.4, 0.5) is 4.79 Å². The van der Waals surface area contributed by atoms with Gasteiger partial charge in [0.1, 0.15) is 0 Å². The van der Waals surface area contributed by atoms with Crippen molar-refractivity contribution in [3.05, 3.63) is 33.8 Å². The summed E-state index contributed by atoms with van der Waals surface area (Å²) in [5, 5.41) is 9.69. The summed E-state index contributed by atoms with van der Waals surface area (Å²) < 4.78 is 0. The number of amides is 2. The van der Waals surface area contributed by atoms with Crippen molar-refractivity contribution < 1.29 is 14.7 Å². The maximum Gasteiger partial charge on any atom is 0.407 e. The Labute approximate surface area is 145 Å². The zero-order valence-corrected chi connectivity index (χ0v) is 14.6. The summed E-state index contributed by atoms with van der Waals surface area (Å²) in [7, 11) is 0. The van der Waals surface area contributed by atoms with E-state index >= 15 is 0 Å². The van der Waals surface area contributed by atoms with Crippen molar-refractivity contribution in [2.24, 2.45) is 5.92 Å². The molecule has 1 fully saturated rings. The van der Waals surface area contributed by atoms with Gasteiger partial charge in [-0.1, -0.05) is 43.1 Å². The van der Waals surface area contributed by atoms with Crippen LogP contribution in [0.3, 0.4) is 0 Å². The summed E-state index contributed by atoms with van der Waals surface area (Å²) in [4.78, 5) is 27.1. The highest BCUT2D eigenvalue weighted by atomic mass is 35.5. The quantitative estimate of drug-likeness (QED) is 0.889. The van der Waals surface area contributed by atoms with Gasteiger partial charge in [0, 0.05) is 19.6 Å². The summed E-state index contributed by atoms with van der Waals surface area (Å²) in [6.45, 7) is 5.34. The van der Waals surface area contributed by atoms with Crippen LogP contribution in [0, 0.1) is 5.92 Å². The summed E-state index contributed by atoms with van der Waals surface area (Å²) in [5.74, 6) is 0.0548. The van der Waals surface area contributed by atoms with Gasteiger partial charge in [0.05, 0.1) is 21.7 Å². The Morgan fingerprint density at radius 2 is 2.09 bits per heavy atom. The topological polar surface area (TPSA) is 60.9 Å². The highest BCUT2D eigenvalue weighted by Gasteiger charge is 2.34. The van der Waals surface area contributed by atoms with Gasteiger partial charge < -0.3 is 14.9 Å². The van der Waals surface area contributed by atoms with E-state index in [1.807, 2.05) is 13.8 Å². The molecule has 1 saturated heterocycles. The van der Waals surface area contributed by atoms with Crippen molar-refractivity contribution in [1.29, 1.82) is 0 Å². The number of carboxylic acid groups (broad SMARTS) is 1. The van der Waals surface area contributed by atoms with Crippen LogP contribution in [0.25, 0.3) is 0 Å². The lowest BCUT2D eigenvalue weighted by molar-refractivity contribution is 0.0654. The first-order valence-electron chi connectivity index (χ1n) is 7.54. The molecule has 2 rings (SSSR count). The van der Waals surface area contributed by atoms with Crippen LogP contribution in [0.1, 0.15) is 30.6 Å². The Morgan fingerprint density at radius 3 is 2.65 bits per heavy atom. The van der Waals surface area contributed by atoms with Crippen LogP contribution in [-0.2, 0) is 0 Å². The van der Waals surface area contributed by atoms with Crippen molar-refractivity contribution in [2.45, 2.75) is 26.3 Å². The second kappa shape index (κ2) is 7.41. The van der Waals surface area contributed by atoms with Gasteiger partial charge in [-0.2, -0.15) is 0 Å². The average Bonchev–Trinajstić information content (AvgIpc) is 2.96. The summed E-state index contributed by atoms with van der Waals surface area (Å²) >= 11 is 12.2. The molecule has 0 unspecified atom stereocenters.